The van der Waals surface area contributed by atoms with E-state index in [1.807, 2.05) is 13.0 Å². The van der Waals surface area contributed by atoms with Crippen LogP contribution in [0.25, 0.3) is 5.70 Å². The second-order valence-electron chi connectivity index (χ2n) is 3.05. The second-order valence-corrected chi connectivity index (χ2v) is 3.05. The molecule has 0 bridgehead atoms. The number of methoxy groups -OCH3 is 1. The molecule has 0 aliphatic heterocycles. The Balaban J connectivity index is 3.14. The van der Waals surface area contributed by atoms with Gasteiger partial charge in [-0.15, -0.1) is 0 Å². The first-order valence-corrected chi connectivity index (χ1v) is 4.20. The van der Waals surface area contributed by atoms with Gasteiger partial charge in [-0.05, 0) is 30.2 Å². The van der Waals surface area contributed by atoms with Gasteiger partial charge in [-0.2, -0.15) is 0 Å². The summed E-state index contributed by atoms with van der Waals surface area (Å²) in [4.78, 5) is 11.2. The van der Waals surface area contributed by atoms with E-state index in [-0.39, 0.29) is 5.97 Å². The minimum Gasteiger partial charge on any atom is -0.465 e. The first-order chi connectivity index (χ1) is 6.56. The molecule has 1 aromatic rings. The van der Waals surface area contributed by atoms with Crippen molar-refractivity contribution in [2.45, 2.75) is 6.92 Å². The van der Waals surface area contributed by atoms with Crippen molar-refractivity contribution >= 4 is 11.7 Å². The van der Waals surface area contributed by atoms with Gasteiger partial charge in [-0.1, -0.05) is 12.6 Å². The van der Waals surface area contributed by atoms with Gasteiger partial charge in [0.05, 0.1) is 12.7 Å². The Labute approximate surface area is 83.2 Å². The van der Waals surface area contributed by atoms with E-state index in [1.54, 1.807) is 12.1 Å². The van der Waals surface area contributed by atoms with Gasteiger partial charge in [0, 0.05) is 5.70 Å². The summed E-state index contributed by atoms with van der Waals surface area (Å²) in [7, 11) is 1.36. The zero-order valence-corrected chi connectivity index (χ0v) is 8.33. The molecule has 0 saturated carbocycles. The first-order valence-electron chi connectivity index (χ1n) is 4.20. The number of aryl methyl sites for hydroxylation is 1. The number of esters is 1. The third kappa shape index (κ3) is 1.93. The van der Waals surface area contributed by atoms with Gasteiger partial charge in [-0.3, -0.25) is 0 Å². The number of nitrogens with two attached hydrogens (primary N) is 1. The lowest BCUT2D eigenvalue weighted by Gasteiger charge is -2.06. The molecular formula is C11H13NO2. The number of carbonyl (C=O) groups is 1. The summed E-state index contributed by atoms with van der Waals surface area (Å²) in [6, 6.07) is 5.25. The molecule has 0 atom stereocenters. The molecule has 0 spiro atoms. The molecule has 2 N–H and O–H groups in total. The van der Waals surface area contributed by atoms with Gasteiger partial charge in [0.15, 0.2) is 0 Å². The number of carbonyl (C=O) groups excluding carboxylic acids is 1. The van der Waals surface area contributed by atoms with Crippen LogP contribution in [0.4, 0.5) is 0 Å². The maximum atomic E-state index is 11.2. The Hall–Kier alpha value is -1.77. The Morgan fingerprint density at radius 1 is 1.50 bits per heavy atom. The van der Waals surface area contributed by atoms with Gasteiger partial charge in [0.2, 0.25) is 0 Å². The molecule has 0 fully saturated rings. The van der Waals surface area contributed by atoms with Crippen LogP contribution < -0.4 is 5.73 Å². The van der Waals surface area contributed by atoms with E-state index in [0.29, 0.717) is 11.3 Å². The fraction of sp³-hybridized carbons (Fsp3) is 0.182. The van der Waals surface area contributed by atoms with Gasteiger partial charge >= 0.3 is 5.97 Å². The van der Waals surface area contributed by atoms with Crippen molar-refractivity contribution in [3.8, 4) is 0 Å². The summed E-state index contributed by atoms with van der Waals surface area (Å²) >= 11 is 0. The SMILES string of the molecule is C=C(N)c1ccc(C(=O)OC)c(C)c1. The molecule has 0 radical (unpaired) electrons. The zero-order valence-electron chi connectivity index (χ0n) is 8.33. The third-order valence-corrected chi connectivity index (χ3v) is 2.00. The molecule has 1 aromatic carbocycles. The molecule has 74 valence electrons. The van der Waals surface area contributed by atoms with E-state index in [4.69, 9.17) is 5.73 Å². The minimum absolute atomic E-state index is 0.336. The van der Waals surface area contributed by atoms with Crippen LogP contribution in [0.5, 0.6) is 0 Å². The highest BCUT2D eigenvalue weighted by atomic mass is 16.5. The average molecular weight is 191 g/mol. The molecule has 1 rings (SSSR count). The number of hydrogen-bond acceptors (Lipinski definition) is 3. The molecule has 0 unspecified atom stereocenters. The van der Waals surface area contributed by atoms with Gasteiger partial charge in [0.1, 0.15) is 0 Å². The highest BCUT2D eigenvalue weighted by molar-refractivity contribution is 5.91. The molecule has 3 nitrogen and oxygen atoms in total. The van der Waals surface area contributed by atoms with Crippen molar-refractivity contribution in [2.24, 2.45) is 5.73 Å². The van der Waals surface area contributed by atoms with Gasteiger partial charge in [0.25, 0.3) is 0 Å². The van der Waals surface area contributed by atoms with Gasteiger partial charge < -0.3 is 10.5 Å². The maximum Gasteiger partial charge on any atom is 0.338 e. The monoisotopic (exact) mass is 191 g/mol. The van der Waals surface area contributed by atoms with Crippen LogP contribution in [0.3, 0.4) is 0 Å². The largest absolute Gasteiger partial charge is 0.465 e. The number of ether oxygens (including phenoxy) is 1. The van der Waals surface area contributed by atoms with Crippen LogP contribution in [-0.4, -0.2) is 13.1 Å². The Bertz CT molecular complexity index is 383. The Morgan fingerprint density at radius 3 is 2.57 bits per heavy atom. The van der Waals surface area contributed by atoms with E-state index < -0.39 is 0 Å². The van der Waals surface area contributed by atoms with Crippen LogP contribution in [-0.2, 0) is 4.74 Å². The van der Waals surface area contributed by atoms with E-state index in [9.17, 15) is 4.79 Å². The van der Waals surface area contributed by atoms with Crippen LogP contribution in [0.15, 0.2) is 24.8 Å². The Morgan fingerprint density at radius 2 is 2.14 bits per heavy atom. The van der Waals surface area contributed by atoms with Crippen LogP contribution in [0, 0.1) is 6.92 Å². The third-order valence-electron chi connectivity index (χ3n) is 2.00. The molecule has 0 saturated heterocycles. The summed E-state index contributed by atoms with van der Waals surface area (Å²) in [6.45, 7) is 5.45. The van der Waals surface area contributed by atoms with Crippen molar-refractivity contribution in [3.63, 3.8) is 0 Å². The summed E-state index contributed by atoms with van der Waals surface area (Å²) in [5.74, 6) is -0.336. The lowest BCUT2D eigenvalue weighted by atomic mass is 10.0. The predicted octanol–water partition coefficient (Wildman–Crippen LogP) is 1.71. The lowest BCUT2D eigenvalue weighted by Crippen LogP contribution is -2.04. The van der Waals surface area contributed by atoms with Gasteiger partial charge in [-0.25, -0.2) is 4.79 Å². The number of hydrogen-bond donors (Lipinski definition) is 1. The number of benzene rings is 1. The zero-order chi connectivity index (χ0) is 10.7. The molecule has 3 heteroatoms. The molecule has 14 heavy (non-hydrogen) atoms. The van der Waals surface area contributed by atoms with E-state index in [0.717, 1.165) is 11.1 Å². The maximum absolute atomic E-state index is 11.2. The van der Waals surface area contributed by atoms with Crippen LogP contribution >= 0.6 is 0 Å². The topological polar surface area (TPSA) is 52.3 Å². The fourth-order valence-corrected chi connectivity index (χ4v) is 1.20. The standard InChI is InChI=1S/C11H13NO2/c1-7-6-9(8(2)12)4-5-10(7)11(13)14-3/h4-6H,2,12H2,1,3H3. The molecule has 0 aliphatic carbocycles. The summed E-state index contributed by atoms with van der Waals surface area (Å²) in [5.41, 5.74) is 8.24. The summed E-state index contributed by atoms with van der Waals surface area (Å²) in [6.07, 6.45) is 0. The smallest absolute Gasteiger partial charge is 0.338 e. The Kier molecular flexibility index (Phi) is 2.92. The highest BCUT2D eigenvalue weighted by Crippen LogP contribution is 2.15. The highest BCUT2D eigenvalue weighted by Gasteiger charge is 2.09. The summed E-state index contributed by atoms with van der Waals surface area (Å²) in [5, 5.41) is 0. The lowest BCUT2D eigenvalue weighted by molar-refractivity contribution is 0.0600. The molecule has 0 aromatic heterocycles. The quantitative estimate of drug-likeness (QED) is 0.724. The summed E-state index contributed by atoms with van der Waals surface area (Å²) < 4.78 is 4.62. The van der Waals surface area contributed by atoms with Crippen molar-refractivity contribution in [2.75, 3.05) is 7.11 Å². The molecule has 0 heterocycles. The van der Waals surface area contributed by atoms with E-state index >= 15 is 0 Å². The molecular weight excluding hydrogens is 178 g/mol. The minimum atomic E-state index is -0.336. The van der Waals surface area contributed by atoms with Crippen LogP contribution in [0.2, 0.25) is 0 Å². The van der Waals surface area contributed by atoms with Crippen molar-refractivity contribution in [3.05, 3.63) is 41.5 Å². The van der Waals surface area contributed by atoms with Crippen LogP contribution in [0.1, 0.15) is 21.5 Å². The second kappa shape index (κ2) is 3.96. The first kappa shape index (κ1) is 10.3. The fourth-order valence-electron chi connectivity index (χ4n) is 1.20. The molecule has 0 amide bonds. The number of rotatable bonds is 2. The van der Waals surface area contributed by atoms with E-state index in [2.05, 4.69) is 11.3 Å². The normalized spacial score (nSPS) is 9.57. The predicted molar refractivity (Wildman–Crippen MR) is 55.7 cm³/mol. The molecule has 0 aliphatic rings. The van der Waals surface area contributed by atoms with Crippen molar-refractivity contribution in [1.82, 2.24) is 0 Å². The van der Waals surface area contributed by atoms with Crippen molar-refractivity contribution < 1.29 is 9.53 Å². The van der Waals surface area contributed by atoms with E-state index in [1.165, 1.54) is 7.11 Å². The average Bonchev–Trinajstić information content (AvgIpc) is 2.16. The van der Waals surface area contributed by atoms with Crippen molar-refractivity contribution in [1.29, 1.82) is 0 Å².